The molecule has 2 aromatic heterocycles. The van der Waals surface area contributed by atoms with Crippen LogP contribution in [0.2, 0.25) is 5.02 Å². The average Bonchev–Trinajstić information content (AvgIpc) is 3.29. The van der Waals surface area contributed by atoms with Crippen molar-refractivity contribution >= 4 is 50.7 Å². The highest BCUT2D eigenvalue weighted by Gasteiger charge is 2.33. The number of fused-ring (bicyclic) bond motifs is 2. The lowest BCUT2D eigenvalue weighted by molar-refractivity contribution is -0.138. The van der Waals surface area contributed by atoms with E-state index in [4.69, 9.17) is 16.3 Å². The summed E-state index contributed by atoms with van der Waals surface area (Å²) in [6.07, 6.45) is 2.40. The van der Waals surface area contributed by atoms with Gasteiger partial charge in [0.25, 0.3) is 0 Å². The summed E-state index contributed by atoms with van der Waals surface area (Å²) in [4.78, 5) is 33.4. The molecule has 2 amide bonds. The lowest BCUT2D eigenvalue weighted by Crippen LogP contribution is -2.59. The van der Waals surface area contributed by atoms with E-state index in [9.17, 15) is 9.59 Å². The zero-order valence-electron chi connectivity index (χ0n) is 17.3. The van der Waals surface area contributed by atoms with Crippen LogP contribution in [-0.2, 0) is 16.1 Å². The third-order valence-corrected chi connectivity index (χ3v) is 7.70. The number of pyridine rings is 1. The van der Waals surface area contributed by atoms with Crippen molar-refractivity contribution in [3.8, 4) is 16.9 Å². The predicted octanol–water partition coefficient (Wildman–Crippen LogP) is 3.44. The van der Waals surface area contributed by atoms with Gasteiger partial charge in [-0.3, -0.25) is 19.5 Å². The highest BCUT2D eigenvalue weighted by atomic mass is 35.5. The largest absolute Gasteiger partial charge is 0.489 e. The Morgan fingerprint density at radius 3 is 2.72 bits per heavy atom. The molecule has 7 nitrogen and oxygen atoms in total. The van der Waals surface area contributed by atoms with Crippen molar-refractivity contribution in [2.24, 2.45) is 0 Å². The minimum Gasteiger partial charge on any atom is -0.489 e. The molecule has 3 aromatic rings. The molecule has 2 saturated heterocycles. The van der Waals surface area contributed by atoms with Crippen molar-refractivity contribution in [1.29, 1.82) is 0 Å². The Kier molecular flexibility index (Phi) is 4.82. The van der Waals surface area contributed by atoms with Gasteiger partial charge in [0.1, 0.15) is 12.4 Å². The molecule has 2 fully saturated rings. The summed E-state index contributed by atoms with van der Waals surface area (Å²) >= 11 is 8.08. The van der Waals surface area contributed by atoms with Crippen LogP contribution in [-0.4, -0.2) is 54.0 Å². The van der Waals surface area contributed by atoms with Crippen molar-refractivity contribution in [3.63, 3.8) is 0 Å². The molecule has 0 saturated carbocycles. The fourth-order valence-electron chi connectivity index (χ4n) is 4.64. The first-order valence-electron chi connectivity index (χ1n) is 10.7. The van der Waals surface area contributed by atoms with E-state index in [1.165, 1.54) is 4.90 Å². The van der Waals surface area contributed by atoms with Crippen molar-refractivity contribution in [2.75, 3.05) is 31.1 Å². The molecular weight excluding hydrogens is 448 g/mol. The number of ether oxygens (including phenoxy) is 1. The monoisotopic (exact) mass is 468 g/mol. The summed E-state index contributed by atoms with van der Waals surface area (Å²) < 4.78 is 7.02. The summed E-state index contributed by atoms with van der Waals surface area (Å²) in [5.41, 5.74) is 3.98. The van der Waals surface area contributed by atoms with E-state index in [-0.39, 0.29) is 11.8 Å². The maximum Gasteiger partial charge on any atom is 0.230 e. The molecule has 164 valence electrons. The summed E-state index contributed by atoms with van der Waals surface area (Å²) in [7, 11) is 0. The van der Waals surface area contributed by atoms with Crippen LogP contribution in [0, 0.1) is 0 Å². The van der Waals surface area contributed by atoms with Gasteiger partial charge in [0.2, 0.25) is 11.8 Å². The van der Waals surface area contributed by atoms with Gasteiger partial charge in [-0.1, -0.05) is 11.6 Å². The zero-order valence-corrected chi connectivity index (χ0v) is 18.8. The Balaban J connectivity index is 1.46. The van der Waals surface area contributed by atoms with Gasteiger partial charge in [0.15, 0.2) is 0 Å². The lowest BCUT2D eigenvalue weighted by atomic mass is 9.99. The van der Waals surface area contributed by atoms with Crippen LogP contribution in [0.4, 0.5) is 5.69 Å². The standard InChI is InChI=1S/C23H21ClN4O3S/c24-13-7-17(22-19(8-13)31-6-5-27(22)14-10-25-11-14)16-3-4-26-18-9-15(32-23(16)18)12-28-20(29)1-2-21(28)30/h3-4,7-9,14,25H,1-2,5-6,10-12H2. The Bertz CT molecular complexity index is 1240. The summed E-state index contributed by atoms with van der Waals surface area (Å²) in [6.45, 7) is 3.67. The molecule has 6 rings (SSSR count). The molecule has 3 aliphatic rings. The first kappa shape index (κ1) is 20.0. The molecule has 32 heavy (non-hydrogen) atoms. The average molecular weight is 469 g/mol. The highest BCUT2D eigenvalue weighted by Crippen LogP contribution is 2.47. The number of amides is 2. The van der Waals surface area contributed by atoms with Crippen molar-refractivity contribution < 1.29 is 14.3 Å². The van der Waals surface area contributed by atoms with Gasteiger partial charge in [0, 0.05) is 59.2 Å². The molecule has 9 heteroatoms. The molecule has 1 N–H and O–H groups in total. The van der Waals surface area contributed by atoms with E-state index in [0.717, 1.165) is 57.3 Å². The first-order chi connectivity index (χ1) is 15.6. The van der Waals surface area contributed by atoms with Crippen LogP contribution in [0.15, 0.2) is 30.5 Å². The molecule has 0 spiro atoms. The number of hydrogen-bond acceptors (Lipinski definition) is 7. The van der Waals surface area contributed by atoms with Gasteiger partial charge in [-0.25, -0.2) is 0 Å². The Morgan fingerprint density at radius 2 is 1.97 bits per heavy atom. The molecule has 0 aliphatic carbocycles. The second-order valence-corrected chi connectivity index (χ2v) is 9.89. The normalized spacial score (nSPS) is 18.8. The van der Waals surface area contributed by atoms with Gasteiger partial charge < -0.3 is 15.0 Å². The quantitative estimate of drug-likeness (QED) is 0.591. The van der Waals surface area contributed by atoms with Gasteiger partial charge in [-0.2, -0.15) is 0 Å². The maximum atomic E-state index is 12.1. The summed E-state index contributed by atoms with van der Waals surface area (Å²) in [6, 6.07) is 8.30. The summed E-state index contributed by atoms with van der Waals surface area (Å²) in [5.74, 6) is 0.596. The van der Waals surface area contributed by atoms with E-state index >= 15 is 0 Å². The number of likely N-dealkylation sites (tertiary alicyclic amines) is 1. The molecule has 1 aromatic carbocycles. The topological polar surface area (TPSA) is 74.8 Å². The number of hydrogen-bond donors (Lipinski definition) is 1. The first-order valence-corrected chi connectivity index (χ1v) is 11.9. The molecule has 0 atom stereocenters. The highest BCUT2D eigenvalue weighted by molar-refractivity contribution is 7.19. The Morgan fingerprint density at radius 1 is 1.16 bits per heavy atom. The molecule has 3 aliphatic heterocycles. The number of carbonyl (C=O) groups excluding carboxylic acids is 2. The third kappa shape index (κ3) is 3.25. The molecule has 0 radical (unpaired) electrons. The van der Waals surface area contributed by atoms with Crippen LogP contribution in [0.3, 0.4) is 0 Å². The zero-order chi connectivity index (χ0) is 21.8. The van der Waals surface area contributed by atoms with Gasteiger partial charge in [-0.15, -0.1) is 11.3 Å². The van der Waals surface area contributed by atoms with Crippen LogP contribution in [0.1, 0.15) is 17.7 Å². The van der Waals surface area contributed by atoms with Gasteiger partial charge >= 0.3 is 0 Å². The number of imide groups is 1. The minimum atomic E-state index is -0.105. The predicted molar refractivity (Wildman–Crippen MR) is 124 cm³/mol. The van der Waals surface area contributed by atoms with E-state index in [1.54, 1.807) is 17.5 Å². The molecule has 5 heterocycles. The Labute approximate surface area is 193 Å². The van der Waals surface area contributed by atoms with Crippen LogP contribution in [0.25, 0.3) is 21.3 Å². The molecular formula is C23H21ClN4O3S. The lowest BCUT2D eigenvalue weighted by Gasteiger charge is -2.43. The second kappa shape index (κ2) is 7.72. The van der Waals surface area contributed by atoms with Crippen LogP contribution < -0.4 is 15.0 Å². The maximum absolute atomic E-state index is 12.1. The number of nitrogens with zero attached hydrogens (tertiary/aromatic N) is 3. The van der Waals surface area contributed by atoms with E-state index in [2.05, 4.69) is 15.2 Å². The van der Waals surface area contributed by atoms with E-state index in [0.29, 0.717) is 37.1 Å². The van der Waals surface area contributed by atoms with Gasteiger partial charge in [-0.05, 0) is 18.2 Å². The number of thiophene rings is 1. The SMILES string of the molecule is O=C1CCC(=O)N1Cc1cc2nccc(-c3cc(Cl)cc4c3N(C3CNC3)CCO4)c2s1. The number of rotatable bonds is 4. The second-order valence-electron chi connectivity index (χ2n) is 8.31. The molecule has 0 unspecified atom stereocenters. The smallest absolute Gasteiger partial charge is 0.230 e. The van der Waals surface area contributed by atoms with Crippen LogP contribution in [0.5, 0.6) is 5.75 Å². The number of benzene rings is 1. The fourth-order valence-corrected chi connectivity index (χ4v) is 5.98. The minimum absolute atomic E-state index is 0.105. The van der Waals surface area contributed by atoms with Crippen molar-refractivity contribution in [3.05, 3.63) is 40.4 Å². The number of carbonyl (C=O) groups is 2. The third-order valence-electron chi connectivity index (χ3n) is 6.34. The number of aromatic nitrogens is 1. The van der Waals surface area contributed by atoms with Crippen LogP contribution >= 0.6 is 22.9 Å². The number of halogens is 1. The van der Waals surface area contributed by atoms with Crippen molar-refractivity contribution in [1.82, 2.24) is 15.2 Å². The Hall–Kier alpha value is -2.68. The van der Waals surface area contributed by atoms with E-state index < -0.39 is 0 Å². The van der Waals surface area contributed by atoms with E-state index in [1.807, 2.05) is 24.3 Å². The van der Waals surface area contributed by atoms with Crippen molar-refractivity contribution in [2.45, 2.75) is 25.4 Å². The van der Waals surface area contributed by atoms with Gasteiger partial charge in [0.05, 0.1) is 35.0 Å². The fraction of sp³-hybridized carbons (Fsp3) is 0.348. The number of anilines is 1. The summed E-state index contributed by atoms with van der Waals surface area (Å²) in [5, 5.41) is 3.99. The molecule has 0 bridgehead atoms. The number of nitrogens with one attached hydrogen (secondary N) is 1.